The number of nitrogens with zero attached hydrogens (tertiary/aromatic N) is 1. The number of quaternary nitrogens is 1. The smallest absolute Gasteiger partial charge is 0.321 e. The lowest BCUT2D eigenvalue weighted by Gasteiger charge is -2.18. The Kier molecular flexibility index (Phi) is 6.97. The van der Waals surface area contributed by atoms with Crippen LogP contribution in [0.2, 0.25) is 0 Å². The number of nitriles is 1. The number of likely N-dealkylation sites (N-methyl/N-ethyl adjacent to an activating group) is 1. The second-order valence-electron chi connectivity index (χ2n) is 7.27. The molecule has 10 heteroatoms. The summed E-state index contributed by atoms with van der Waals surface area (Å²) in [7, 11) is 0. The Labute approximate surface area is 181 Å². The third-order valence-electron chi connectivity index (χ3n) is 5.11. The molecule has 164 valence electrons. The van der Waals surface area contributed by atoms with Gasteiger partial charge in [-0.05, 0) is 43.9 Å². The average molecular weight is 451 g/mol. The van der Waals surface area contributed by atoms with E-state index in [-0.39, 0.29) is 24.7 Å². The minimum absolute atomic E-state index is 0.0434. The molecular formula is C21H22F3N4O2S+. The number of hydrogen-bond donors (Lipinski definition) is 3. The summed E-state index contributed by atoms with van der Waals surface area (Å²) in [6.45, 7) is 1.99. The summed E-state index contributed by atoms with van der Waals surface area (Å²) in [6.07, 6.45) is -1.85. The number of para-hydroxylation sites is 1. The molecule has 3 rings (SSSR count). The van der Waals surface area contributed by atoms with Crippen LogP contribution in [0, 0.1) is 11.3 Å². The fraction of sp³-hybridized carbons (Fsp3) is 0.381. The highest BCUT2D eigenvalue weighted by molar-refractivity contribution is 7.16. The SMILES string of the molecule is CC[NH+](CC(=O)Nc1ccccc1C(F)(F)F)CC(=O)Nc1sc2c(c1C#N)CCC2. The molecule has 1 unspecified atom stereocenters. The maximum absolute atomic E-state index is 13.1. The highest BCUT2D eigenvalue weighted by Gasteiger charge is 2.34. The zero-order valence-corrected chi connectivity index (χ0v) is 17.7. The third-order valence-corrected chi connectivity index (χ3v) is 6.32. The Balaban J connectivity index is 1.60. The number of rotatable bonds is 7. The van der Waals surface area contributed by atoms with Gasteiger partial charge in [0.25, 0.3) is 11.8 Å². The second kappa shape index (κ2) is 9.49. The predicted octanol–water partition coefficient (Wildman–Crippen LogP) is 2.61. The third kappa shape index (κ3) is 5.42. The molecule has 3 N–H and O–H groups in total. The van der Waals surface area contributed by atoms with Gasteiger partial charge in [-0.15, -0.1) is 11.3 Å². The number of benzene rings is 1. The topological polar surface area (TPSA) is 86.4 Å². The van der Waals surface area contributed by atoms with E-state index >= 15 is 0 Å². The average Bonchev–Trinajstić information content (AvgIpc) is 3.27. The molecule has 0 spiro atoms. The van der Waals surface area contributed by atoms with Crippen LogP contribution in [0.15, 0.2) is 24.3 Å². The van der Waals surface area contributed by atoms with Gasteiger partial charge in [-0.3, -0.25) is 9.59 Å². The van der Waals surface area contributed by atoms with Crippen LogP contribution < -0.4 is 15.5 Å². The summed E-state index contributed by atoms with van der Waals surface area (Å²) in [5.41, 5.74) is 0.274. The van der Waals surface area contributed by atoms with Crippen molar-refractivity contribution in [2.75, 3.05) is 30.3 Å². The van der Waals surface area contributed by atoms with Crippen LogP contribution in [0.5, 0.6) is 0 Å². The van der Waals surface area contributed by atoms with Crippen LogP contribution in [0.4, 0.5) is 23.9 Å². The lowest BCUT2D eigenvalue weighted by atomic mass is 10.1. The molecule has 6 nitrogen and oxygen atoms in total. The highest BCUT2D eigenvalue weighted by Crippen LogP contribution is 2.38. The number of alkyl halides is 3. The van der Waals surface area contributed by atoms with Crippen molar-refractivity contribution in [1.82, 2.24) is 0 Å². The van der Waals surface area contributed by atoms with Crippen molar-refractivity contribution in [1.29, 1.82) is 5.26 Å². The molecule has 0 radical (unpaired) electrons. The molecule has 1 atom stereocenters. The molecule has 1 aliphatic rings. The number of anilines is 2. The maximum Gasteiger partial charge on any atom is 0.418 e. The molecule has 31 heavy (non-hydrogen) atoms. The van der Waals surface area contributed by atoms with Crippen LogP contribution in [-0.4, -0.2) is 31.4 Å². The zero-order valence-electron chi connectivity index (χ0n) is 16.9. The summed E-state index contributed by atoms with van der Waals surface area (Å²) >= 11 is 1.41. The quantitative estimate of drug-likeness (QED) is 0.605. The number of thiophene rings is 1. The van der Waals surface area contributed by atoms with Gasteiger partial charge < -0.3 is 15.5 Å². The van der Waals surface area contributed by atoms with Gasteiger partial charge >= 0.3 is 6.18 Å². The Morgan fingerprint density at radius 2 is 1.84 bits per heavy atom. The van der Waals surface area contributed by atoms with Crippen molar-refractivity contribution in [3.63, 3.8) is 0 Å². The van der Waals surface area contributed by atoms with E-state index in [1.165, 1.54) is 29.5 Å². The fourth-order valence-corrected chi connectivity index (χ4v) is 4.84. The van der Waals surface area contributed by atoms with Gasteiger partial charge in [0.15, 0.2) is 13.1 Å². The van der Waals surface area contributed by atoms with Crippen LogP contribution in [-0.2, 0) is 28.6 Å². The lowest BCUT2D eigenvalue weighted by Crippen LogP contribution is -3.13. The van der Waals surface area contributed by atoms with Gasteiger partial charge in [0.1, 0.15) is 11.1 Å². The van der Waals surface area contributed by atoms with E-state index in [0.29, 0.717) is 22.0 Å². The molecule has 0 bridgehead atoms. The number of nitrogens with one attached hydrogen (secondary N) is 3. The van der Waals surface area contributed by atoms with E-state index in [4.69, 9.17) is 0 Å². The van der Waals surface area contributed by atoms with Crippen LogP contribution >= 0.6 is 11.3 Å². The number of carbonyl (C=O) groups is 2. The van der Waals surface area contributed by atoms with Crippen molar-refractivity contribution < 1.29 is 27.7 Å². The molecule has 0 saturated heterocycles. The number of hydrogen-bond acceptors (Lipinski definition) is 4. The van der Waals surface area contributed by atoms with Crippen molar-refractivity contribution in [3.05, 3.63) is 45.8 Å². The van der Waals surface area contributed by atoms with Crippen LogP contribution in [0.3, 0.4) is 0 Å². The van der Waals surface area contributed by atoms with E-state index in [9.17, 15) is 28.0 Å². The van der Waals surface area contributed by atoms with Gasteiger partial charge in [-0.2, -0.15) is 18.4 Å². The molecule has 1 aromatic carbocycles. The van der Waals surface area contributed by atoms with E-state index < -0.39 is 17.6 Å². The maximum atomic E-state index is 13.1. The minimum atomic E-state index is -4.58. The fourth-order valence-electron chi connectivity index (χ4n) is 3.58. The summed E-state index contributed by atoms with van der Waals surface area (Å²) in [6, 6.07) is 6.92. The number of amides is 2. The molecule has 1 aliphatic carbocycles. The van der Waals surface area contributed by atoms with Crippen molar-refractivity contribution in [2.45, 2.75) is 32.4 Å². The molecule has 2 aromatic rings. The van der Waals surface area contributed by atoms with Gasteiger partial charge in [-0.25, -0.2) is 0 Å². The van der Waals surface area contributed by atoms with Gasteiger partial charge in [-0.1, -0.05) is 12.1 Å². The molecule has 1 heterocycles. The standard InChI is InChI=1S/C21H21F3N4O2S/c1-2-28(11-18(29)26-16-8-4-3-7-15(16)21(22,23)24)12-19(30)27-20-14(10-25)13-6-5-9-17(13)31-20/h3-4,7-8H,2,5-6,9,11-12H2,1H3,(H,26,29)(H,27,30)/p+1. The Morgan fingerprint density at radius 3 is 2.48 bits per heavy atom. The zero-order chi connectivity index (χ0) is 22.6. The normalized spacial score (nSPS) is 13.9. The second-order valence-corrected chi connectivity index (χ2v) is 8.38. The predicted molar refractivity (Wildman–Crippen MR) is 111 cm³/mol. The largest absolute Gasteiger partial charge is 0.418 e. The minimum Gasteiger partial charge on any atom is -0.321 e. The Morgan fingerprint density at radius 1 is 1.16 bits per heavy atom. The molecule has 0 aliphatic heterocycles. The van der Waals surface area contributed by atoms with Gasteiger partial charge in [0, 0.05) is 4.88 Å². The number of halogens is 3. The van der Waals surface area contributed by atoms with Gasteiger partial charge in [0.05, 0.1) is 23.4 Å². The monoisotopic (exact) mass is 451 g/mol. The van der Waals surface area contributed by atoms with Crippen molar-refractivity contribution in [2.24, 2.45) is 0 Å². The Hall–Kier alpha value is -2.90. The molecular weight excluding hydrogens is 429 g/mol. The first kappa shape index (κ1) is 22.8. The van der Waals surface area contributed by atoms with Crippen LogP contribution in [0.1, 0.15) is 34.9 Å². The summed E-state index contributed by atoms with van der Waals surface area (Å²) < 4.78 is 39.3. The van der Waals surface area contributed by atoms with Gasteiger partial charge in [0.2, 0.25) is 0 Å². The van der Waals surface area contributed by atoms with Crippen molar-refractivity contribution in [3.8, 4) is 6.07 Å². The first-order chi connectivity index (χ1) is 14.7. The van der Waals surface area contributed by atoms with Crippen molar-refractivity contribution >= 4 is 33.8 Å². The number of carbonyl (C=O) groups excluding carboxylic acids is 2. The van der Waals surface area contributed by atoms with E-state index in [1.807, 2.05) is 0 Å². The molecule has 2 amide bonds. The van der Waals surface area contributed by atoms with Crippen LogP contribution in [0.25, 0.3) is 0 Å². The first-order valence-corrected chi connectivity index (χ1v) is 10.7. The lowest BCUT2D eigenvalue weighted by molar-refractivity contribution is -0.881. The summed E-state index contributed by atoms with van der Waals surface area (Å²) in [5, 5.41) is 15.0. The highest BCUT2D eigenvalue weighted by atomic mass is 32.1. The molecule has 0 saturated carbocycles. The van der Waals surface area contributed by atoms with E-state index in [1.54, 1.807) is 6.92 Å². The number of aryl methyl sites for hydroxylation is 1. The molecule has 1 aromatic heterocycles. The number of fused-ring (bicyclic) bond motifs is 1. The first-order valence-electron chi connectivity index (χ1n) is 9.87. The summed E-state index contributed by atoms with van der Waals surface area (Å²) in [5.74, 6) is -0.967. The van der Waals surface area contributed by atoms with E-state index in [2.05, 4.69) is 16.7 Å². The Bertz CT molecular complexity index is 1030. The molecule has 0 fully saturated rings. The van der Waals surface area contributed by atoms with E-state index in [0.717, 1.165) is 35.8 Å². The summed E-state index contributed by atoms with van der Waals surface area (Å²) in [4.78, 5) is 26.5.